The van der Waals surface area contributed by atoms with Crippen LogP contribution >= 0.6 is 11.3 Å². The molecule has 1 amide bonds. The van der Waals surface area contributed by atoms with Crippen molar-refractivity contribution in [1.29, 1.82) is 0 Å². The second-order valence-electron chi connectivity index (χ2n) is 8.27. The lowest BCUT2D eigenvalue weighted by molar-refractivity contribution is 0.165. The van der Waals surface area contributed by atoms with Gasteiger partial charge >= 0.3 is 6.09 Å². The van der Waals surface area contributed by atoms with E-state index in [9.17, 15) is 4.79 Å². The maximum absolute atomic E-state index is 10.7. The first kappa shape index (κ1) is 20.4. The molecule has 25 heavy (non-hydrogen) atoms. The third-order valence-corrected chi connectivity index (χ3v) is 10.7. The van der Waals surface area contributed by atoms with Crippen molar-refractivity contribution in [3.63, 3.8) is 0 Å². The topological polar surface area (TPSA) is 74.7 Å². The molecular formula is C17H31N3O3SSi. The molecule has 2 heterocycles. The number of hydrogen-bond acceptors (Lipinski definition) is 5. The minimum absolute atomic E-state index is 0.0820. The van der Waals surface area contributed by atoms with E-state index in [2.05, 4.69) is 49.1 Å². The van der Waals surface area contributed by atoms with Gasteiger partial charge in [0.1, 0.15) is 5.01 Å². The summed E-state index contributed by atoms with van der Waals surface area (Å²) in [6, 6.07) is 0.0820. The van der Waals surface area contributed by atoms with E-state index in [1.54, 1.807) is 11.3 Å². The lowest BCUT2D eigenvalue weighted by Crippen LogP contribution is -2.43. The molecule has 0 aromatic carbocycles. The van der Waals surface area contributed by atoms with E-state index in [1.807, 2.05) is 6.20 Å². The number of rotatable bonds is 6. The van der Waals surface area contributed by atoms with E-state index in [-0.39, 0.29) is 11.1 Å². The summed E-state index contributed by atoms with van der Waals surface area (Å²) in [4.78, 5) is 18.8. The van der Waals surface area contributed by atoms with Gasteiger partial charge in [-0.25, -0.2) is 9.78 Å². The van der Waals surface area contributed by atoms with Crippen molar-refractivity contribution in [2.24, 2.45) is 0 Å². The Labute approximate surface area is 155 Å². The highest BCUT2D eigenvalue weighted by Gasteiger charge is 2.37. The number of likely N-dealkylation sites (tertiary alicyclic amines) is 1. The number of nitrogens with one attached hydrogen (secondary N) is 1. The van der Waals surface area contributed by atoms with Gasteiger partial charge in [-0.15, -0.1) is 11.3 Å². The van der Waals surface area contributed by atoms with Crippen molar-refractivity contribution in [1.82, 2.24) is 15.2 Å². The highest BCUT2D eigenvalue weighted by molar-refractivity contribution is 7.11. The fraction of sp³-hybridized carbons (Fsp3) is 0.765. The molecule has 1 fully saturated rings. The van der Waals surface area contributed by atoms with Gasteiger partial charge in [0.15, 0.2) is 8.32 Å². The molecule has 142 valence electrons. The molecule has 0 atom stereocenters. The number of hydrogen-bond donors (Lipinski definition) is 2. The Morgan fingerprint density at radius 1 is 1.44 bits per heavy atom. The molecule has 1 aromatic heterocycles. The summed E-state index contributed by atoms with van der Waals surface area (Å²) in [5.74, 6) is 0. The van der Waals surface area contributed by atoms with E-state index in [0.29, 0.717) is 6.61 Å². The Morgan fingerprint density at radius 3 is 2.64 bits per heavy atom. The summed E-state index contributed by atoms with van der Waals surface area (Å²) in [6.07, 6.45) is 2.73. The highest BCUT2D eigenvalue weighted by Crippen LogP contribution is 2.37. The summed E-state index contributed by atoms with van der Waals surface area (Å²) in [7, 11) is -1.73. The Kier molecular flexibility index (Phi) is 6.64. The third kappa shape index (κ3) is 6.05. The Bertz CT molecular complexity index is 578. The van der Waals surface area contributed by atoms with Crippen LogP contribution in [-0.2, 0) is 17.6 Å². The zero-order valence-corrected chi connectivity index (χ0v) is 17.8. The van der Waals surface area contributed by atoms with E-state index in [4.69, 9.17) is 9.53 Å². The number of nitrogens with zero attached hydrogens (tertiary/aromatic N) is 2. The van der Waals surface area contributed by atoms with Crippen molar-refractivity contribution < 1.29 is 14.3 Å². The average Bonchev–Trinajstić information content (AvgIpc) is 2.93. The maximum atomic E-state index is 10.7. The van der Waals surface area contributed by atoms with Crippen LogP contribution in [0.5, 0.6) is 0 Å². The monoisotopic (exact) mass is 385 g/mol. The molecular weight excluding hydrogens is 354 g/mol. The van der Waals surface area contributed by atoms with Gasteiger partial charge < -0.3 is 14.8 Å². The predicted molar refractivity (Wildman–Crippen MR) is 104 cm³/mol. The molecule has 0 unspecified atom stereocenters. The van der Waals surface area contributed by atoms with Crippen LogP contribution in [0, 0.1) is 0 Å². The molecule has 0 bridgehead atoms. The van der Waals surface area contributed by atoms with Crippen LogP contribution in [0.3, 0.4) is 0 Å². The number of amides is 1. The molecule has 6 nitrogen and oxygen atoms in total. The molecule has 0 spiro atoms. The molecule has 0 aliphatic carbocycles. The molecule has 0 saturated carbocycles. The second-order valence-corrected chi connectivity index (χ2v) is 14.3. The summed E-state index contributed by atoms with van der Waals surface area (Å²) >= 11 is 1.72. The molecule has 8 heteroatoms. The fourth-order valence-electron chi connectivity index (χ4n) is 2.56. The normalized spacial score (nSPS) is 17.6. The van der Waals surface area contributed by atoms with Crippen LogP contribution < -0.4 is 5.32 Å². The van der Waals surface area contributed by atoms with Gasteiger partial charge in [-0.05, 0) is 31.0 Å². The van der Waals surface area contributed by atoms with Crippen molar-refractivity contribution in [2.75, 3.05) is 13.1 Å². The number of piperidine rings is 1. The lowest BCUT2D eigenvalue weighted by atomic mass is 10.1. The van der Waals surface area contributed by atoms with Crippen molar-refractivity contribution in [3.05, 3.63) is 16.1 Å². The van der Waals surface area contributed by atoms with Gasteiger partial charge in [-0.2, -0.15) is 0 Å². The summed E-state index contributed by atoms with van der Waals surface area (Å²) in [5.41, 5.74) is 0. The minimum atomic E-state index is -1.73. The number of thiazole rings is 1. The molecule has 1 aliphatic rings. The standard InChI is InChI=1S/C17H31N3O3SSi/c1-17(2,3)25(4,5)23-12-14-10-18-15(24-14)11-20-8-6-13(7-9-20)19-16(21)22/h10,13,19H,6-9,11-12H2,1-5H3,(H,21,22). The zero-order valence-electron chi connectivity index (χ0n) is 16.0. The van der Waals surface area contributed by atoms with Crippen LogP contribution in [0.15, 0.2) is 6.20 Å². The van der Waals surface area contributed by atoms with Gasteiger partial charge in [0.05, 0.1) is 13.2 Å². The summed E-state index contributed by atoms with van der Waals surface area (Å²) in [5, 5.41) is 12.7. The molecule has 2 rings (SSSR count). The van der Waals surface area contributed by atoms with E-state index in [0.717, 1.165) is 37.5 Å². The maximum Gasteiger partial charge on any atom is 0.404 e. The lowest BCUT2D eigenvalue weighted by Gasteiger charge is -2.35. The quantitative estimate of drug-likeness (QED) is 0.727. The largest absolute Gasteiger partial charge is 0.465 e. The molecule has 1 aromatic rings. The molecule has 0 radical (unpaired) electrons. The van der Waals surface area contributed by atoms with Crippen LogP contribution in [-0.4, -0.2) is 48.5 Å². The zero-order chi connectivity index (χ0) is 18.7. The number of carbonyl (C=O) groups is 1. The number of aromatic nitrogens is 1. The van der Waals surface area contributed by atoms with Crippen LogP contribution in [0.1, 0.15) is 43.5 Å². The Hall–Kier alpha value is -0.963. The van der Waals surface area contributed by atoms with Crippen molar-refractivity contribution >= 4 is 25.7 Å². The fourth-order valence-corrected chi connectivity index (χ4v) is 4.49. The van der Waals surface area contributed by atoms with Crippen LogP contribution in [0.4, 0.5) is 4.79 Å². The third-order valence-electron chi connectivity index (χ3n) is 5.26. The van der Waals surface area contributed by atoms with Crippen molar-refractivity contribution in [3.8, 4) is 0 Å². The first-order chi connectivity index (χ1) is 11.6. The van der Waals surface area contributed by atoms with Gasteiger partial charge in [0, 0.05) is 30.2 Å². The van der Waals surface area contributed by atoms with E-state index >= 15 is 0 Å². The Balaban J connectivity index is 1.79. The van der Waals surface area contributed by atoms with E-state index in [1.165, 1.54) is 4.88 Å². The van der Waals surface area contributed by atoms with Crippen molar-refractivity contribution in [2.45, 2.75) is 70.9 Å². The SMILES string of the molecule is CC(C)(C)[Si](C)(C)OCc1cnc(CN2CCC(NC(=O)O)CC2)s1. The first-order valence-corrected chi connectivity index (χ1v) is 12.6. The molecule has 2 N–H and O–H groups in total. The Morgan fingerprint density at radius 2 is 2.08 bits per heavy atom. The van der Waals surface area contributed by atoms with Gasteiger partial charge in [0.2, 0.25) is 0 Å². The summed E-state index contributed by atoms with van der Waals surface area (Å²) in [6.45, 7) is 14.6. The summed E-state index contributed by atoms with van der Waals surface area (Å²) < 4.78 is 6.27. The molecule has 1 saturated heterocycles. The van der Waals surface area contributed by atoms with Gasteiger partial charge in [-0.3, -0.25) is 4.90 Å². The second kappa shape index (κ2) is 8.16. The first-order valence-electron chi connectivity index (χ1n) is 8.86. The van der Waals surface area contributed by atoms with Gasteiger partial charge in [0.25, 0.3) is 0 Å². The van der Waals surface area contributed by atoms with E-state index < -0.39 is 14.4 Å². The smallest absolute Gasteiger partial charge is 0.404 e. The predicted octanol–water partition coefficient (Wildman–Crippen LogP) is 3.90. The van der Waals surface area contributed by atoms with Gasteiger partial charge in [-0.1, -0.05) is 20.8 Å². The van der Waals surface area contributed by atoms with Crippen LogP contribution in [0.25, 0.3) is 0 Å². The number of carboxylic acid groups (broad SMARTS) is 1. The average molecular weight is 386 g/mol. The minimum Gasteiger partial charge on any atom is -0.465 e. The molecule has 1 aliphatic heterocycles. The highest BCUT2D eigenvalue weighted by atomic mass is 32.1. The van der Waals surface area contributed by atoms with Crippen LogP contribution in [0.2, 0.25) is 18.1 Å².